The SMILES string of the molecule is CC1(Oc2ccc([N+](=O)[O-])c(Cl)c2)CNC1. The molecule has 0 atom stereocenters. The molecule has 16 heavy (non-hydrogen) atoms. The highest BCUT2D eigenvalue weighted by Crippen LogP contribution is 2.30. The highest BCUT2D eigenvalue weighted by atomic mass is 35.5. The lowest BCUT2D eigenvalue weighted by Gasteiger charge is -2.39. The van der Waals surface area contributed by atoms with Crippen molar-refractivity contribution in [3.05, 3.63) is 33.3 Å². The summed E-state index contributed by atoms with van der Waals surface area (Å²) in [5.74, 6) is 0.555. The van der Waals surface area contributed by atoms with E-state index in [0.29, 0.717) is 5.75 Å². The van der Waals surface area contributed by atoms with E-state index < -0.39 is 4.92 Å². The van der Waals surface area contributed by atoms with Crippen LogP contribution < -0.4 is 10.1 Å². The molecule has 1 N–H and O–H groups in total. The van der Waals surface area contributed by atoms with Crippen molar-refractivity contribution >= 4 is 17.3 Å². The molecule has 1 aliphatic rings. The third-order valence-corrected chi connectivity index (χ3v) is 2.78. The van der Waals surface area contributed by atoms with Crippen molar-refractivity contribution in [2.24, 2.45) is 0 Å². The molecule has 5 nitrogen and oxygen atoms in total. The summed E-state index contributed by atoms with van der Waals surface area (Å²) < 4.78 is 5.68. The maximum Gasteiger partial charge on any atom is 0.288 e. The van der Waals surface area contributed by atoms with Gasteiger partial charge in [0, 0.05) is 25.2 Å². The predicted octanol–water partition coefficient (Wildman–Crippen LogP) is 1.99. The molecule has 0 bridgehead atoms. The first-order chi connectivity index (χ1) is 7.50. The van der Waals surface area contributed by atoms with Crippen molar-refractivity contribution < 1.29 is 9.66 Å². The molecule has 1 aliphatic heterocycles. The van der Waals surface area contributed by atoms with Gasteiger partial charge in [-0.25, -0.2) is 0 Å². The molecule has 1 saturated heterocycles. The van der Waals surface area contributed by atoms with E-state index in [-0.39, 0.29) is 16.3 Å². The normalized spacial score (nSPS) is 17.6. The molecule has 0 unspecified atom stereocenters. The number of nitrogens with one attached hydrogen (secondary N) is 1. The van der Waals surface area contributed by atoms with E-state index >= 15 is 0 Å². The lowest BCUT2D eigenvalue weighted by atomic mass is 10.00. The minimum absolute atomic E-state index is 0.0957. The summed E-state index contributed by atoms with van der Waals surface area (Å²) in [6.07, 6.45) is 0. The molecule has 0 aliphatic carbocycles. The van der Waals surface area contributed by atoms with Gasteiger partial charge in [0.1, 0.15) is 16.4 Å². The number of halogens is 1. The van der Waals surface area contributed by atoms with Crippen LogP contribution in [-0.2, 0) is 0 Å². The van der Waals surface area contributed by atoms with Crippen molar-refractivity contribution in [3.8, 4) is 5.75 Å². The van der Waals surface area contributed by atoms with Crippen molar-refractivity contribution in [1.82, 2.24) is 5.32 Å². The van der Waals surface area contributed by atoms with E-state index in [2.05, 4.69) is 5.32 Å². The maximum absolute atomic E-state index is 10.6. The van der Waals surface area contributed by atoms with Gasteiger partial charge in [0.15, 0.2) is 0 Å². The first kappa shape index (κ1) is 11.2. The second-order valence-corrected chi connectivity index (χ2v) is 4.43. The first-order valence-corrected chi connectivity index (χ1v) is 5.22. The molecular formula is C10H11ClN2O3. The Labute approximate surface area is 97.5 Å². The largest absolute Gasteiger partial charge is 0.485 e. The lowest BCUT2D eigenvalue weighted by Crippen LogP contribution is -2.61. The standard InChI is InChI=1S/C10H11ClN2O3/c1-10(5-12-6-10)16-7-2-3-9(13(14)15)8(11)4-7/h2-4,12H,5-6H2,1H3. The Morgan fingerprint density at radius 1 is 1.56 bits per heavy atom. The first-order valence-electron chi connectivity index (χ1n) is 4.84. The molecule has 0 radical (unpaired) electrons. The zero-order valence-corrected chi connectivity index (χ0v) is 9.45. The number of nitrogens with zero attached hydrogens (tertiary/aromatic N) is 1. The minimum Gasteiger partial charge on any atom is -0.485 e. The van der Waals surface area contributed by atoms with E-state index in [1.165, 1.54) is 12.1 Å². The van der Waals surface area contributed by atoms with Crippen LogP contribution in [0.1, 0.15) is 6.92 Å². The predicted molar refractivity (Wildman–Crippen MR) is 60.0 cm³/mol. The van der Waals surface area contributed by atoms with Gasteiger partial charge in [-0.1, -0.05) is 11.6 Å². The van der Waals surface area contributed by atoms with Crippen LogP contribution in [0.2, 0.25) is 5.02 Å². The van der Waals surface area contributed by atoms with E-state index in [9.17, 15) is 10.1 Å². The molecule has 2 rings (SSSR count). The average molecular weight is 243 g/mol. The molecule has 0 saturated carbocycles. The topological polar surface area (TPSA) is 64.4 Å². The van der Waals surface area contributed by atoms with Crippen LogP contribution in [0.15, 0.2) is 18.2 Å². The van der Waals surface area contributed by atoms with Gasteiger partial charge >= 0.3 is 0 Å². The third kappa shape index (κ3) is 2.10. The Bertz CT molecular complexity index is 432. The quantitative estimate of drug-likeness (QED) is 0.650. The van der Waals surface area contributed by atoms with Crippen molar-refractivity contribution in [1.29, 1.82) is 0 Å². The van der Waals surface area contributed by atoms with Crippen LogP contribution in [0.25, 0.3) is 0 Å². The fourth-order valence-corrected chi connectivity index (χ4v) is 1.77. The Morgan fingerprint density at radius 2 is 2.25 bits per heavy atom. The van der Waals surface area contributed by atoms with Gasteiger partial charge < -0.3 is 10.1 Å². The summed E-state index contributed by atoms with van der Waals surface area (Å²) in [5, 5.41) is 13.8. The van der Waals surface area contributed by atoms with Crippen LogP contribution in [0, 0.1) is 10.1 Å². The van der Waals surface area contributed by atoms with Gasteiger partial charge in [-0.3, -0.25) is 10.1 Å². The summed E-state index contributed by atoms with van der Waals surface area (Å²) in [7, 11) is 0. The van der Waals surface area contributed by atoms with Gasteiger partial charge in [0.2, 0.25) is 0 Å². The molecule has 0 spiro atoms. The van der Waals surface area contributed by atoms with Crippen LogP contribution in [-0.4, -0.2) is 23.6 Å². The van der Waals surface area contributed by atoms with Crippen LogP contribution in [0.5, 0.6) is 5.75 Å². The van der Waals surface area contributed by atoms with E-state index in [0.717, 1.165) is 13.1 Å². The fraction of sp³-hybridized carbons (Fsp3) is 0.400. The molecule has 0 amide bonds. The smallest absolute Gasteiger partial charge is 0.288 e. The van der Waals surface area contributed by atoms with Crippen molar-refractivity contribution in [3.63, 3.8) is 0 Å². The summed E-state index contributed by atoms with van der Waals surface area (Å²) in [6.45, 7) is 3.50. The number of hydrogen-bond donors (Lipinski definition) is 1. The summed E-state index contributed by atoms with van der Waals surface area (Å²) in [6, 6.07) is 4.39. The number of hydrogen-bond acceptors (Lipinski definition) is 4. The maximum atomic E-state index is 10.6. The Hall–Kier alpha value is -1.33. The lowest BCUT2D eigenvalue weighted by molar-refractivity contribution is -0.384. The van der Waals surface area contributed by atoms with Gasteiger partial charge in [0.25, 0.3) is 5.69 Å². The minimum atomic E-state index is -0.515. The van der Waals surface area contributed by atoms with Crippen LogP contribution >= 0.6 is 11.6 Å². The second kappa shape index (κ2) is 3.92. The molecule has 1 heterocycles. The highest BCUT2D eigenvalue weighted by Gasteiger charge is 2.34. The van der Waals surface area contributed by atoms with Crippen LogP contribution in [0.4, 0.5) is 5.69 Å². The van der Waals surface area contributed by atoms with Gasteiger partial charge in [-0.2, -0.15) is 0 Å². The number of nitro benzene ring substituents is 1. The molecule has 86 valence electrons. The van der Waals surface area contributed by atoms with E-state index in [1.807, 2.05) is 6.92 Å². The monoisotopic (exact) mass is 242 g/mol. The average Bonchev–Trinajstić information content (AvgIpc) is 2.14. The molecule has 0 aromatic heterocycles. The molecular weight excluding hydrogens is 232 g/mol. The summed E-state index contributed by atoms with van der Waals surface area (Å²) >= 11 is 5.78. The van der Waals surface area contributed by atoms with Gasteiger partial charge in [-0.05, 0) is 13.0 Å². The number of nitro groups is 1. The number of rotatable bonds is 3. The molecule has 1 fully saturated rings. The molecule has 1 aromatic rings. The Kier molecular flexibility index (Phi) is 2.73. The van der Waals surface area contributed by atoms with E-state index in [4.69, 9.17) is 16.3 Å². The Balaban J connectivity index is 2.18. The van der Waals surface area contributed by atoms with E-state index in [1.54, 1.807) is 6.07 Å². The third-order valence-electron chi connectivity index (χ3n) is 2.48. The zero-order valence-electron chi connectivity index (χ0n) is 8.70. The fourth-order valence-electron chi connectivity index (χ4n) is 1.53. The summed E-state index contributed by atoms with van der Waals surface area (Å²) in [5.41, 5.74) is -0.342. The summed E-state index contributed by atoms with van der Waals surface area (Å²) in [4.78, 5) is 10.0. The zero-order chi connectivity index (χ0) is 11.8. The van der Waals surface area contributed by atoms with Crippen LogP contribution in [0.3, 0.4) is 0 Å². The Morgan fingerprint density at radius 3 is 2.69 bits per heavy atom. The molecule has 6 heteroatoms. The second-order valence-electron chi connectivity index (χ2n) is 4.03. The highest BCUT2D eigenvalue weighted by molar-refractivity contribution is 6.32. The number of ether oxygens (including phenoxy) is 1. The number of benzene rings is 1. The van der Waals surface area contributed by atoms with Gasteiger partial charge in [-0.15, -0.1) is 0 Å². The van der Waals surface area contributed by atoms with Crippen molar-refractivity contribution in [2.75, 3.05) is 13.1 Å². The van der Waals surface area contributed by atoms with Crippen molar-refractivity contribution in [2.45, 2.75) is 12.5 Å². The van der Waals surface area contributed by atoms with Gasteiger partial charge in [0.05, 0.1) is 4.92 Å². The molecule has 1 aromatic carbocycles.